The number of hydrogen-bond donors (Lipinski definition) is 0. The summed E-state index contributed by atoms with van der Waals surface area (Å²) in [5.74, 6) is 2.15. The third-order valence-electron chi connectivity index (χ3n) is 4.80. The molecule has 1 saturated heterocycles. The van der Waals surface area contributed by atoms with E-state index in [0.717, 1.165) is 50.6 Å². The van der Waals surface area contributed by atoms with Gasteiger partial charge in [0.25, 0.3) is 0 Å². The van der Waals surface area contributed by atoms with Gasteiger partial charge in [0.1, 0.15) is 0 Å². The number of piperidine rings is 1. The largest absolute Gasteiger partial charge is 0.378 e. The van der Waals surface area contributed by atoms with Gasteiger partial charge < -0.3 is 9.26 Å². The summed E-state index contributed by atoms with van der Waals surface area (Å²) in [6, 6.07) is 4.46. The number of aryl methyl sites for hydroxylation is 1. The Hall–Kier alpha value is -1.24. The first-order chi connectivity index (χ1) is 11.8. The molecule has 0 unspecified atom stereocenters. The smallest absolute Gasteiger partial charge is 0.229 e. The van der Waals surface area contributed by atoms with Crippen LogP contribution in [0.4, 0.5) is 0 Å². The van der Waals surface area contributed by atoms with Crippen LogP contribution in [0.5, 0.6) is 0 Å². The van der Waals surface area contributed by atoms with Crippen LogP contribution in [0.3, 0.4) is 0 Å². The number of nitrogens with zero attached hydrogens (tertiary/aromatic N) is 3. The Morgan fingerprint density at radius 2 is 2.08 bits per heavy atom. The number of likely N-dealkylation sites (tertiary alicyclic amines) is 1. The monoisotopic (exact) mass is 347 g/mol. The van der Waals surface area contributed by atoms with Crippen LogP contribution in [0.1, 0.15) is 53.1 Å². The molecular weight excluding hydrogens is 322 g/mol. The molecule has 2 aromatic rings. The molecule has 0 atom stereocenters. The molecule has 2 fully saturated rings. The van der Waals surface area contributed by atoms with Crippen LogP contribution >= 0.6 is 11.3 Å². The zero-order valence-electron chi connectivity index (χ0n) is 14.2. The average Bonchev–Trinajstić information content (AvgIpc) is 3.20. The minimum atomic E-state index is 0.376. The summed E-state index contributed by atoms with van der Waals surface area (Å²) in [7, 11) is 0. The van der Waals surface area contributed by atoms with E-state index in [2.05, 4.69) is 34.1 Å². The van der Waals surface area contributed by atoms with Crippen molar-refractivity contribution in [2.45, 2.75) is 57.6 Å². The fourth-order valence-electron chi connectivity index (χ4n) is 3.21. The molecular formula is C18H25N3O2S. The van der Waals surface area contributed by atoms with Crippen LogP contribution in [-0.2, 0) is 17.7 Å². The van der Waals surface area contributed by atoms with Gasteiger partial charge in [-0.05, 0) is 44.7 Å². The van der Waals surface area contributed by atoms with Crippen LogP contribution < -0.4 is 0 Å². The maximum Gasteiger partial charge on any atom is 0.229 e. The van der Waals surface area contributed by atoms with Crippen molar-refractivity contribution in [3.8, 4) is 0 Å². The predicted octanol–water partition coefficient (Wildman–Crippen LogP) is 3.54. The second-order valence-corrected chi connectivity index (χ2v) is 8.30. The van der Waals surface area contributed by atoms with E-state index in [0.29, 0.717) is 18.6 Å². The number of hydrogen-bond acceptors (Lipinski definition) is 6. The van der Waals surface area contributed by atoms with E-state index < -0.39 is 0 Å². The molecule has 1 aliphatic heterocycles. The van der Waals surface area contributed by atoms with Crippen molar-refractivity contribution in [1.29, 1.82) is 0 Å². The summed E-state index contributed by atoms with van der Waals surface area (Å²) in [5, 5.41) is 4.05. The van der Waals surface area contributed by atoms with Crippen LogP contribution in [0.2, 0.25) is 0 Å². The molecule has 5 nitrogen and oxygen atoms in total. The van der Waals surface area contributed by atoms with Crippen LogP contribution in [0.15, 0.2) is 16.7 Å². The van der Waals surface area contributed by atoms with E-state index >= 15 is 0 Å². The normalized spacial score (nSPS) is 19.9. The van der Waals surface area contributed by atoms with E-state index in [-0.39, 0.29) is 0 Å². The summed E-state index contributed by atoms with van der Waals surface area (Å²) >= 11 is 1.91. The van der Waals surface area contributed by atoms with Gasteiger partial charge in [0, 0.05) is 41.7 Å². The number of thiophene rings is 1. The fraction of sp³-hybridized carbons (Fsp3) is 0.667. The molecule has 24 heavy (non-hydrogen) atoms. The maximum absolute atomic E-state index is 6.03. The van der Waals surface area contributed by atoms with Crippen molar-refractivity contribution >= 4 is 11.3 Å². The van der Waals surface area contributed by atoms with Gasteiger partial charge in [-0.25, -0.2) is 0 Å². The Kier molecular flexibility index (Phi) is 4.96. The zero-order valence-corrected chi connectivity index (χ0v) is 15.1. The van der Waals surface area contributed by atoms with Crippen molar-refractivity contribution in [1.82, 2.24) is 15.0 Å². The lowest BCUT2D eigenvalue weighted by Gasteiger charge is -2.31. The van der Waals surface area contributed by atoms with Gasteiger partial charge in [-0.1, -0.05) is 5.16 Å². The first-order valence-corrected chi connectivity index (χ1v) is 9.79. The Morgan fingerprint density at radius 3 is 2.79 bits per heavy atom. The van der Waals surface area contributed by atoms with Gasteiger partial charge in [-0.2, -0.15) is 4.98 Å². The van der Waals surface area contributed by atoms with Crippen molar-refractivity contribution in [2.24, 2.45) is 0 Å². The number of ether oxygens (including phenoxy) is 1. The number of rotatable bonds is 7. The van der Waals surface area contributed by atoms with Gasteiger partial charge in [-0.3, -0.25) is 4.90 Å². The maximum atomic E-state index is 6.03. The second kappa shape index (κ2) is 7.33. The molecule has 2 aliphatic rings. The van der Waals surface area contributed by atoms with Gasteiger partial charge in [0.2, 0.25) is 5.89 Å². The standard InChI is InChI=1S/C18H25N3O2S/c1-13-2-5-16(24-13)12-21-9-6-15(7-10-21)22-11-8-17-19-18(23-20-17)14-3-4-14/h2,5,14-15H,3-4,6-12H2,1H3. The lowest BCUT2D eigenvalue weighted by atomic mass is 10.1. The van der Waals surface area contributed by atoms with Crippen LogP contribution in [0, 0.1) is 6.92 Å². The predicted molar refractivity (Wildman–Crippen MR) is 93.3 cm³/mol. The van der Waals surface area contributed by atoms with Crippen LogP contribution in [-0.4, -0.2) is 40.8 Å². The van der Waals surface area contributed by atoms with Crippen molar-refractivity contribution < 1.29 is 9.26 Å². The lowest BCUT2D eigenvalue weighted by Crippen LogP contribution is -2.36. The van der Waals surface area contributed by atoms with Crippen molar-refractivity contribution in [2.75, 3.05) is 19.7 Å². The van der Waals surface area contributed by atoms with Gasteiger partial charge in [-0.15, -0.1) is 11.3 Å². The molecule has 1 saturated carbocycles. The zero-order chi connectivity index (χ0) is 16.4. The minimum absolute atomic E-state index is 0.376. The van der Waals surface area contributed by atoms with Gasteiger partial charge >= 0.3 is 0 Å². The first-order valence-electron chi connectivity index (χ1n) is 8.98. The highest BCUT2D eigenvalue weighted by Gasteiger charge is 2.29. The van der Waals surface area contributed by atoms with Crippen molar-refractivity contribution in [3.05, 3.63) is 33.6 Å². The third kappa shape index (κ3) is 4.23. The molecule has 0 radical (unpaired) electrons. The topological polar surface area (TPSA) is 51.4 Å². The molecule has 0 spiro atoms. The lowest BCUT2D eigenvalue weighted by molar-refractivity contribution is 0.00695. The van der Waals surface area contributed by atoms with Crippen molar-refractivity contribution in [3.63, 3.8) is 0 Å². The molecule has 0 aromatic carbocycles. The summed E-state index contributed by atoms with van der Waals surface area (Å²) in [4.78, 5) is 9.85. The van der Waals surface area contributed by atoms with E-state index in [4.69, 9.17) is 9.26 Å². The minimum Gasteiger partial charge on any atom is -0.378 e. The highest BCUT2D eigenvalue weighted by atomic mass is 32.1. The Labute approximate surface area is 147 Å². The summed E-state index contributed by atoms with van der Waals surface area (Å²) in [5.41, 5.74) is 0. The highest BCUT2D eigenvalue weighted by Crippen LogP contribution is 2.38. The van der Waals surface area contributed by atoms with Gasteiger partial charge in [0.15, 0.2) is 5.82 Å². The van der Waals surface area contributed by atoms with E-state index in [1.807, 2.05) is 11.3 Å². The molecule has 0 bridgehead atoms. The summed E-state index contributed by atoms with van der Waals surface area (Å²) in [6.07, 6.45) is 5.75. The van der Waals surface area contributed by atoms with Gasteiger partial charge in [0.05, 0.1) is 12.7 Å². The first kappa shape index (κ1) is 16.2. The molecule has 0 N–H and O–H groups in total. The Bertz CT molecular complexity index is 657. The molecule has 2 aromatic heterocycles. The SMILES string of the molecule is Cc1ccc(CN2CCC(OCCc3noc(C4CC4)n3)CC2)s1. The molecule has 0 amide bonds. The number of aromatic nitrogens is 2. The molecule has 4 rings (SSSR count). The fourth-order valence-corrected chi connectivity index (χ4v) is 4.14. The molecule has 1 aliphatic carbocycles. The molecule has 6 heteroatoms. The third-order valence-corrected chi connectivity index (χ3v) is 5.79. The highest BCUT2D eigenvalue weighted by molar-refractivity contribution is 7.11. The summed E-state index contributed by atoms with van der Waals surface area (Å²) in [6.45, 7) is 6.19. The van der Waals surface area contributed by atoms with E-state index in [9.17, 15) is 0 Å². The Morgan fingerprint density at radius 1 is 1.25 bits per heavy atom. The summed E-state index contributed by atoms with van der Waals surface area (Å²) < 4.78 is 11.3. The Balaban J connectivity index is 1.15. The molecule has 130 valence electrons. The average molecular weight is 347 g/mol. The quantitative estimate of drug-likeness (QED) is 0.767. The van der Waals surface area contributed by atoms with Crippen LogP contribution in [0.25, 0.3) is 0 Å². The van der Waals surface area contributed by atoms with E-state index in [1.54, 1.807) is 0 Å². The molecule has 3 heterocycles. The van der Waals surface area contributed by atoms with E-state index in [1.165, 1.54) is 22.6 Å². The second-order valence-electron chi connectivity index (χ2n) is 6.93.